The average molecular weight is 320 g/mol. The Morgan fingerprint density at radius 2 is 2.30 bits per heavy atom. The van der Waals surface area contributed by atoms with Crippen LogP contribution in [-0.4, -0.2) is 30.2 Å². The number of rotatable bonds is 6. The molecule has 1 amide bonds. The molecule has 1 aliphatic carbocycles. The van der Waals surface area contributed by atoms with Crippen LogP contribution in [0.3, 0.4) is 0 Å². The number of hydrogen-bond acceptors (Lipinski definition) is 4. The van der Waals surface area contributed by atoms with E-state index in [1.54, 1.807) is 13.3 Å². The van der Waals surface area contributed by atoms with E-state index in [4.69, 9.17) is 9.47 Å². The van der Waals surface area contributed by atoms with Crippen molar-refractivity contribution in [2.75, 3.05) is 19.0 Å². The second-order valence-corrected chi connectivity index (χ2v) is 6.55. The zero-order valence-corrected chi connectivity index (χ0v) is 14.6. The van der Waals surface area contributed by atoms with E-state index in [0.717, 1.165) is 37.7 Å². The van der Waals surface area contributed by atoms with Crippen molar-refractivity contribution in [2.45, 2.75) is 58.5 Å². The minimum absolute atomic E-state index is 0.0520. The molecule has 0 spiro atoms. The number of ether oxygens (including phenoxy) is 2. The topological polar surface area (TPSA) is 60.5 Å². The Bertz CT molecular complexity index is 547. The average Bonchev–Trinajstić information content (AvgIpc) is 2.53. The normalized spacial score (nSPS) is 24.3. The van der Waals surface area contributed by atoms with E-state index in [0.29, 0.717) is 24.1 Å². The second kappa shape index (κ2) is 7.77. The summed E-state index contributed by atoms with van der Waals surface area (Å²) in [4.78, 5) is 17.1. The van der Waals surface area contributed by atoms with Crippen molar-refractivity contribution in [2.24, 2.45) is 5.92 Å². The van der Waals surface area contributed by atoms with Crippen LogP contribution in [-0.2, 0) is 9.53 Å². The maximum absolute atomic E-state index is 12.9. The van der Waals surface area contributed by atoms with Gasteiger partial charge >= 0.3 is 0 Å². The van der Waals surface area contributed by atoms with Crippen molar-refractivity contribution in [3.8, 4) is 5.88 Å². The number of hydrogen-bond donors (Lipinski definition) is 1. The minimum atomic E-state index is -0.707. The fourth-order valence-corrected chi connectivity index (χ4v) is 3.29. The molecule has 5 nitrogen and oxygen atoms in total. The summed E-state index contributed by atoms with van der Waals surface area (Å²) in [6.07, 6.45) is 6.29. The predicted octanol–water partition coefficient (Wildman–Crippen LogP) is 3.71. The van der Waals surface area contributed by atoms with Crippen molar-refractivity contribution in [1.82, 2.24) is 4.98 Å². The maximum Gasteiger partial charge on any atom is 0.256 e. The summed E-state index contributed by atoms with van der Waals surface area (Å²) >= 11 is 0. The van der Waals surface area contributed by atoms with E-state index in [1.807, 2.05) is 13.0 Å². The lowest BCUT2D eigenvalue weighted by Crippen LogP contribution is -2.48. The fourth-order valence-electron chi connectivity index (χ4n) is 3.29. The first-order valence-electron chi connectivity index (χ1n) is 8.47. The van der Waals surface area contributed by atoms with E-state index in [1.165, 1.54) is 0 Å². The van der Waals surface area contributed by atoms with Crippen LogP contribution in [0, 0.1) is 12.8 Å². The molecule has 0 saturated heterocycles. The summed E-state index contributed by atoms with van der Waals surface area (Å²) < 4.78 is 11.2. The molecule has 23 heavy (non-hydrogen) atoms. The quantitative estimate of drug-likeness (QED) is 0.868. The number of methoxy groups -OCH3 is 1. The third-order valence-corrected chi connectivity index (χ3v) is 4.43. The Morgan fingerprint density at radius 3 is 2.91 bits per heavy atom. The standard InChI is InChI=1S/C18H28N2O3/c1-5-9-23-18(8-6-7-13(2)11-18)17(21)20-15-10-14(3)16(22-4)19-12-15/h10,12-13H,5-9,11H2,1-4H3,(H,20,21)/t13-,18-/m0/s1. The molecule has 1 saturated carbocycles. The Balaban J connectivity index is 2.15. The molecule has 1 heterocycles. The lowest BCUT2D eigenvalue weighted by Gasteiger charge is -2.38. The zero-order chi connectivity index (χ0) is 16.9. The van der Waals surface area contributed by atoms with Gasteiger partial charge in [0, 0.05) is 12.2 Å². The summed E-state index contributed by atoms with van der Waals surface area (Å²) in [5.74, 6) is 1.03. The van der Waals surface area contributed by atoms with Crippen molar-refractivity contribution in [3.05, 3.63) is 17.8 Å². The first-order valence-corrected chi connectivity index (χ1v) is 8.47. The van der Waals surface area contributed by atoms with Crippen molar-refractivity contribution in [1.29, 1.82) is 0 Å². The Kier molecular flexibility index (Phi) is 5.99. The SMILES string of the molecule is CCCO[C@@]1(C(=O)Nc2cnc(OC)c(C)c2)CCC[C@H](C)C1. The van der Waals surface area contributed by atoms with Gasteiger partial charge in [-0.1, -0.05) is 20.3 Å². The summed E-state index contributed by atoms with van der Waals surface area (Å²) in [5.41, 5.74) is 0.874. The number of nitrogens with zero attached hydrogens (tertiary/aromatic N) is 1. The molecule has 1 aliphatic rings. The Labute approximate surface area is 138 Å². The maximum atomic E-state index is 12.9. The minimum Gasteiger partial charge on any atom is -0.481 e. The van der Waals surface area contributed by atoms with Crippen LogP contribution in [0.4, 0.5) is 5.69 Å². The van der Waals surface area contributed by atoms with Crippen LogP contribution < -0.4 is 10.1 Å². The van der Waals surface area contributed by atoms with Crippen molar-refractivity contribution < 1.29 is 14.3 Å². The van der Waals surface area contributed by atoms with Gasteiger partial charge in [-0.15, -0.1) is 0 Å². The van der Waals surface area contributed by atoms with Gasteiger partial charge in [0.1, 0.15) is 5.60 Å². The van der Waals surface area contributed by atoms with Gasteiger partial charge in [0.2, 0.25) is 5.88 Å². The molecule has 2 atom stereocenters. The highest BCUT2D eigenvalue weighted by atomic mass is 16.5. The van der Waals surface area contributed by atoms with Gasteiger partial charge in [0.05, 0.1) is 19.0 Å². The molecule has 5 heteroatoms. The van der Waals surface area contributed by atoms with E-state index < -0.39 is 5.60 Å². The number of pyridine rings is 1. The number of aromatic nitrogens is 1. The van der Waals surface area contributed by atoms with Gasteiger partial charge in [0.15, 0.2) is 0 Å². The largest absolute Gasteiger partial charge is 0.481 e. The third-order valence-electron chi connectivity index (χ3n) is 4.43. The van der Waals surface area contributed by atoms with Gasteiger partial charge in [0.25, 0.3) is 5.91 Å². The highest BCUT2D eigenvalue weighted by Gasteiger charge is 2.42. The van der Waals surface area contributed by atoms with Crippen LogP contribution >= 0.6 is 0 Å². The molecule has 0 bridgehead atoms. The molecule has 0 radical (unpaired) electrons. The molecule has 2 rings (SSSR count). The highest BCUT2D eigenvalue weighted by Crippen LogP contribution is 2.36. The van der Waals surface area contributed by atoms with Gasteiger partial charge in [-0.2, -0.15) is 0 Å². The molecule has 128 valence electrons. The first-order chi connectivity index (χ1) is 11.0. The van der Waals surface area contributed by atoms with Crippen LogP contribution in [0.2, 0.25) is 0 Å². The number of nitrogens with one attached hydrogen (secondary N) is 1. The summed E-state index contributed by atoms with van der Waals surface area (Å²) in [5, 5.41) is 2.99. The molecule has 1 fully saturated rings. The van der Waals surface area contributed by atoms with Gasteiger partial charge in [-0.3, -0.25) is 4.79 Å². The van der Waals surface area contributed by atoms with Crippen LogP contribution in [0.25, 0.3) is 0 Å². The van der Waals surface area contributed by atoms with Crippen molar-refractivity contribution >= 4 is 11.6 Å². The molecular formula is C18H28N2O3. The number of carbonyl (C=O) groups is 1. The number of aryl methyl sites for hydroxylation is 1. The van der Waals surface area contributed by atoms with E-state index in [-0.39, 0.29) is 5.91 Å². The smallest absolute Gasteiger partial charge is 0.256 e. The number of carbonyl (C=O) groups excluding carboxylic acids is 1. The molecule has 0 aromatic carbocycles. The molecule has 1 N–H and O–H groups in total. The number of amides is 1. The van der Waals surface area contributed by atoms with Gasteiger partial charge in [-0.05, 0) is 44.6 Å². The highest BCUT2D eigenvalue weighted by molar-refractivity contribution is 5.97. The molecule has 1 aromatic heterocycles. The monoisotopic (exact) mass is 320 g/mol. The Hall–Kier alpha value is -1.62. The first kappa shape index (κ1) is 17.7. The molecule has 1 aromatic rings. The molecule has 0 aliphatic heterocycles. The number of anilines is 1. The predicted molar refractivity (Wildman–Crippen MR) is 90.8 cm³/mol. The Morgan fingerprint density at radius 1 is 1.52 bits per heavy atom. The van der Waals surface area contributed by atoms with Gasteiger partial charge < -0.3 is 14.8 Å². The molecular weight excluding hydrogens is 292 g/mol. The lowest BCUT2D eigenvalue weighted by atomic mass is 9.78. The summed E-state index contributed by atoms with van der Waals surface area (Å²) in [6.45, 7) is 6.78. The van der Waals surface area contributed by atoms with Crippen LogP contribution in [0.1, 0.15) is 51.5 Å². The second-order valence-electron chi connectivity index (χ2n) is 6.55. The molecule has 0 unspecified atom stereocenters. The third kappa shape index (κ3) is 4.22. The van der Waals surface area contributed by atoms with E-state index in [2.05, 4.69) is 24.1 Å². The van der Waals surface area contributed by atoms with Crippen molar-refractivity contribution in [3.63, 3.8) is 0 Å². The lowest BCUT2D eigenvalue weighted by molar-refractivity contribution is -0.148. The van der Waals surface area contributed by atoms with E-state index >= 15 is 0 Å². The van der Waals surface area contributed by atoms with E-state index in [9.17, 15) is 4.79 Å². The van der Waals surface area contributed by atoms with Crippen LogP contribution in [0.5, 0.6) is 5.88 Å². The zero-order valence-electron chi connectivity index (χ0n) is 14.6. The summed E-state index contributed by atoms with van der Waals surface area (Å²) in [7, 11) is 1.59. The summed E-state index contributed by atoms with van der Waals surface area (Å²) in [6, 6.07) is 1.88. The fraction of sp³-hybridized carbons (Fsp3) is 0.667. The van der Waals surface area contributed by atoms with Gasteiger partial charge in [-0.25, -0.2) is 4.98 Å². The van der Waals surface area contributed by atoms with Crippen LogP contribution in [0.15, 0.2) is 12.3 Å².